The number of carbonyl (C=O) groups excluding carboxylic acids is 1. The Balaban J connectivity index is 3.96. The zero-order valence-corrected chi connectivity index (χ0v) is 19.8. The van der Waals surface area contributed by atoms with E-state index in [9.17, 15) is 13.2 Å². The van der Waals surface area contributed by atoms with E-state index in [2.05, 4.69) is 13.0 Å². The van der Waals surface area contributed by atoms with Gasteiger partial charge < -0.3 is 9.38 Å². The van der Waals surface area contributed by atoms with Crippen LogP contribution < -0.4 is 0 Å². The van der Waals surface area contributed by atoms with Crippen molar-refractivity contribution in [2.45, 2.75) is 64.7 Å². The number of rotatable bonds is 17. The molecule has 0 saturated carbocycles. The second-order valence-electron chi connectivity index (χ2n) is 8.48. The SMILES string of the molecule is CCCCCCCCCC=CC=CC(=O)N(C)CC[N+](C)(C)CCCS(=O)(=O)O. The summed E-state index contributed by atoms with van der Waals surface area (Å²) in [5.74, 6) is -0.263. The van der Waals surface area contributed by atoms with Crippen LogP contribution in [0, 0.1) is 0 Å². The minimum Gasteiger partial charge on any atom is -0.337 e. The Labute approximate surface area is 179 Å². The summed E-state index contributed by atoms with van der Waals surface area (Å²) in [7, 11) is 1.85. The number of hydrogen-bond donors (Lipinski definition) is 1. The first-order valence-corrected chi connectivity index (χ1v) is 12.5. The molecule has 0 aliphatic carbocycles. The largest absolute Gasteiger partial charge is 0.337 e. The van der Waals surface area contributed by atoms with Crippen molar-refractivity contribution >= 4 is 16.0 Å². The molecule has 0 aliphatic heterocycles. The van der Waals surface area contributed by atoms with Crippen molar-refractivity contribution in [1.29, 1.82) is 0 Å². The fourth-order valence-electron chi connectivity index (χ4n) is 2.98. The fourth-order valence-corrected chi connectivity index (χ4v) is 3.47. The van der Waals surface area contributed by atoms with Crippen molar-refractivity contribution in [3.63, 3.8) is 0 Å². The van der Waals surface area contributed by atoms with Gasteiger partial charge in [0.1, 0.15) is 0 Å². The third kappa shape index (κ3) is 18.6. The number of amides is 1. The van der Waals surface area contributed by atoms with Gasteiger partial charge in [0.15, 0.2) is 0 Å². The Hall–Kier alpha value is -1.18. The van der Waals surface area contributed by atoms with E-state index in [1.165, 1.54) is 44.9 Å². The first-order chi connectivity index (χ1) is 13.6. The lowest BCUT2D eigenvalue weighted by Gasteiger charge is -2.31. The van der Waals surface area contributed by atoms with Gasteiger partial charge in [-0.05, 0) is 12.8 Å². The normalized spacial score (nSPS) is 12.9. The van der Waals surface area contributed by atoms with Gasteiger partial charge in [-0.3, -0.25) is 9.35 Å². The van der Waals surface area contributed by atoms with Gasteiger partial charge in [-0.2, -0.15) is 8.42 Å². The van der Waals surface area contributed by atoms with E-state index in [4.69, 9.17) is 4.55 Å². The van der Waals surface area contributed by atoms with Gasteiger partial charge in [0, 0.05) is 19.5 Å². The van der Waals surface area contributed by atoms with Crippen molar-refractivity contribution in [1.82, 2.24) is 4.90 Å². The maximum absolute atomic E-state index is 12.2. The van der Waals surface area contributed by atoms with Crippen molar-refractivity contribution in [3.8, 4) is 0 Å². The molecule has 0 rings (SSSR count). The molecule has 7 heteroatoms. The lowest BCUT2D eigenvalue weighted by Crippen LogP contribution is -2.46. The molecule has 0 unspecified atom stereocenters. The van der Waals surface area contributed by atoms with Crippen molar-refractivity contribution in [2.24, 2.45) is 0 Å². The standard InChI is InChI=1S/C22H42N2O4S/c1-5-6-7-8-9-10-11-12-13-14-15-17-22(25)23(2)18-20-24(3,4)19-16-21-29(26,27)28/h13-15,17H,5-12,16,18-21H2,1-4H3/p+1. The topological polar surface area (TPSA) is 74.7 Å². The molecule has 1 N–H and O–H groups in total. The van der Waals surface area contributed by atoms with E-state index in [1.54, 1.807) is 24.1 Å². The zero-order chi connectivity index (χ0) is 22.2. The Morgan fingerprint density at radius 2 is 1.59 bits per heavy atom. The first kappa shape index (κ1) is 27.8. The summed E-state index contributed by atoms with van der Waals surface area (Å²) in [6.45, 7) is 4.16. The Bertz CT molecular complexity index is 598. The summed E-state index contributed by atoms with van der Waals surface area (Å²) in [6, 6.07) is 0. The van der Waals surface area contributed by atoms with Crippen LogP contribution in [0.4, 0.5) is 0 Å². The predicted molar refractivity (Wildman–Crippen MR) is 121 cm³/mol. The monoisotopic (exact) mass is 431 g/mol. The van der Waals surface area contributed by atoms with E-state index in [-0.39, 0.29) is 11.7 Å². The van der Waals surface area contributed by atoms with Crippen LogP contribution >= 0.6 is 0 Å². The van der Waals surface area contributed by atoms with Gasteiger partial charge in [0.2, 0.25) is 5.91 Å². The number of quaternary nitrogens is 1. The van der Waals surface area contributed by atoms with Crippen molar-refractivity contribution in [3.05, 3.63) is 24.3 Å². The van der Waals surface area contributed by atoms with Crippen molar-refractivity contribution in [2.75, 3.05) is 46.5 Å². The maximum atomic E-state index is 12.2. The summed E-state index contributed by atoms with van der Waals surface area (Å²) >= 11 is 0. The molecule has 0 fully saturated rings. The molecule has 0 aliphatic rings. The lowest BCUT2D eigenvalue weighted by atomic mass is 10.1. The number of unbranched alkanes of at least 4 members (excludes halogenated alkanes) is 7. The first-order valence-electron chi connectivity index (χ1n) is 10.9. The van der Waals surface area contributed by atoms with Gasteiger partial charge in [-0.15, -0.1) is 0 Å². The van der Waals surface area contributed by atoms with Crippen LogP contribution in [0.5, 0.6) is 0 Å². The predicted octanol–water partition coefficient (Wildman–Crippen LogP) is 4.05. The molecule has 0 aromatic carbocycles. The molecule has 0 spiro atoms. The summed E-state index contributed by atoms with van der Waals surface area (Å²) in [4.78, 5) is 13.8. The van der Waals surface area contributed by atoms with Gasteiger partial charge in [-0.1, -0.05) is 63.7 Å². The van der Waals surface area contributed by atoms with Crippen LogP contribution in [0.15, 0.2) is 24.3 Å². The second kappa shape index (κ2) is 15.6. The Morgan fingerprint density at radius 1 is 0.966 bits per heavy atom. The minimum atomic E-state index is -3.91. The smallest absolute Gasteiger partial charge is 0.265 e. The molecule has 0 bridgehead atoms. The number of hydrogen-bond acceptors (Lipinski definition) is 3. The molecule has 0 heterocycles. The van der Waals surface area contributed by atoms with Crippen molar-refractivity contribution < 1.29 is 22.2 Å². The Kier molecular flexibility index (Phi) is 15.0. The maximum Gasteiger partial charge on any atom is 0.265 e. The third-order valence-corrected chi connectivity index (χ3v) is 5.85. The molecular weight excluding hydrogens is 388 g/mol. The summed E-state index contributed by atoms with van der Waals surface area (Å²) < 4.78 is 31.0. The molecule has 0 saturated heterocycles. The molecule has 0 aromatic heterocycles. The number of allylic oxidation sites excluding steroid dienone is 3. The summed E-state index contributed by atoms with van der Waals surface area (Å²) in [5, 5.41) is 0. The van der Waals surface area contributed by atoms with Crippen LogP contribution in [0.1, 0.15) is 64.7 Å². The summed E-state index contributed by atoms with van der Waals surface area (Å²) in [5.41, 5.74) is 0. The van der Waals surface area contributed by atoms with E-state index >= 15 is 0 Å². The van der Waals surface area contributed by atoms with E-state index in [1.807, 2.05) is 20.2 Å². The van der Waals surface area contributed by atoms with Gasteiger partial charge in [-0.25, -0.2) is 0 Å². The van der Waals surface area contributed by atoms with E-state index in [0.29, 0.717) is 24.0 Å². The highest BCUT2D eigenvalue weighted by molar-refractivity contribution is 7.85. The highest BCUT2D eigenvalue weighted by atomic mass is 32.2. The van der Waals surface area contributed by atoms with E-state index < -0.39 is 10.1 Å². The van der Waals surface area contributed by atoms with Gasteiger partial charge in [0.05, 0.1) is 39.5 Å². The number of nitrogens with zero attached hydrogens (tertiary/aromatic N) is 2. The molecule has 170 valence electrons. The highest BCUT2D eigenvalue weighted by Crippen LogP contribution is 2.08. The Morgan fingerprint density at radius 3 is 2.21 bits per heavy atom. The molecule has 0 radical (unpaired) electrons. The molecule has 0 aromatic rings. The average Bonchev–Trinajstić information content (AvgIpc) is 2.62. The van der Waals surface area contributed by atoms with Gasteiger partial charge >= 0.3 is 0 Å². The molecule has 0 atom stereocenters. The van der Waals surface area contributed by atoms with E-state index in [0.717, 1.165) is 13.0 Å². The molecule has 6 nitrogen and oxygen atoms in total. The fraction of sp³-hybridized carbons (Fsp3) is 0.773. The summed E-state index contributed by atoms with van der Waals surface area (Å²) in [6.07, 6.45) is 18.0. The van der Waals surface area contributed by atoms with Gasteiger partial charge in [0.25, 0.3) is 10.1 Å². The average molecular weight is 432 g/mol. The molecular formula is C22H43N2O4S+. The van der Waals surface area contributed by atoms with Crippen LogP contribution in [0.25, 0.3) is 0 Å². The molecule has 1 amide bonds. The molecule has 29 heavy (non-hydrogen) atoms. The number of likely N-dealkylation sites (N-methyl/N-ethyl adjacent to an activating group) is 2. The third-order valence-electron chi connectivity index (χ3n) is 5.04. The number of carbonyl (C=O) groups is 1. The van der Waals surface area contributed by atoms with Crippen LogP contribution in [-0.2, 0) is 14.9 Å². The van der Waals surface area contributed by atoms with Crippen LogP contribution in [0.3, 0.4) is 0 Å². The van der Waals surface area contributed by atoms with Crippen LogP contribution in [0.2, 0.25) is 0 Å². The quantitative estimate of drug-likeness (QED) is 0.124. The van der Waals surface area contributed by atoms with Crippen LogP contribution in [-0.4, -0.2) is 74.8 Å². The highest BCUT2D eigenvalue weighted by Gasteiger charge is 2.18. The lowest BCUT2D eigenvalue weighted by molar-refractivity contribution is -0.889. The zero-order valence-electron chi connectivity index (χ0n) is 19.0. The second-order valence-corrected chi connectivity index (χ2v) is 10.1. The minimum absolute atomic E-state index is 0.0384.